The summed E-state index contributed by atoms with van der Waals surface area (Å²) in [6.45, 7) is 7.81. The van der Waals surface area contributed by atoms with Gasteiger partial charge in [0.25, 0.3) is 5.91 Å². The van der Waals surface area contributed by atoms with Gasteiger partial charge in [-0.15, -0.1) is 5.10 Å². The Morgan fingerprint density at radius 1 is 1.33 bits per heavy atom. The number of amidine groups is 1. The molecule has 7 nitrogen and oxygen atoms in total. The van der Waals surface area contributed by atoms with Crippen molar-refractivity contribution in [3.05, 3.63) is 46.0 Å². The summed E-state index contributed by atoms with van der Waals surface area (Å²) in [5.41, 5.74) is 0.954. The van der Waals surface area contributed by atoms with E-state index in [0.29, 0.717) is 23.4 Å². The van der Waals surface area contributed by atoms with Crippen molar-refractivity contribution in [1.82, 2.24) is 14.9 Å². The Kier molecular flexibility index (Phi) is 5.36. The molecule has 1 N–H and O–H groups in total. The largest absolute Gasteiger partial charge is 0.462 e. The van der Waals surface area contributed by atoms with Gasteiger partial charge in [0.2, 0.25) is 0 Å². The minimum atomic E-state index is -0.844. The molecule has 27 heavy (non-hydrogen) atoms. The Bertz CT molecular complexity index is 906. The topological polar surface area (TPSA) is 93.5 Å². The third kappa shape index (κ3) is 3.75. The van der Waals surface area contributed by atoms with Gasteiger partial charge in [0.15, 0.2) is 0 Å². The fourth-order valence-electron chi connectivity index (χ4n) is 2.72. The summed E-state index contributed by atoms with van der Waals surface area (Å²) in [5.74, 6) is -0.170. The second-order valence-corrected chi connectivity index (χ2v) is 7.77. The van der Waals surface area contributed by atoms with Gasteiger partial charge in [-0.2, -0.15) is 0 Å². The zero-order valence-electron chi connectivity index (χ0n) is 15.8. The zero-order chi connectivity index (χ0) is 19.6. The molecule has 0 radical (unpaired) electrons. The van der Waals surface area contributed by atoms with Crippen LogP contribution in [0, 0.1) is 12.8 Å². The van der Waals surface area contributed by atoms with E-state index >= 15 is 0 Å². The first-order chi connectivity index (χ1) is 12.8. The lowest BCUT2D eigenvalue weighted by molar-refractivity contribution is -0.124. The summed E-state index contributed by atoms with van der Waals surface area (Å²) in [6.07, 6.45) is 0.570. The van der Waals surface area contributed by atoms with Crippen molar-refractivity contribution in [2.24, 2.45) is 10.9 Å². The number of aromatic nitrogens is 2. The molecule has 1 atom stereocenters. The molecule has 8 heteroatoms. The second kappa shape index (κ2) is 7.56. The zero-order valence-corrected chi connectivity index (χ0v) is 16.6. The van der Waals surface area contributed by atoms with E-state index in [1.165, 1.54) is 11.5 Å². The first-order valence-electron chi connectivity index (χ1n) is 8.78. The van der Waals surface area contributed by atoms with Gasteiger partial charge in [-0.1, -0.05) is 36.5 Å². The van der Waals surface area contributed by atoms with Gasteiger partial charge >= 0.3 is 5.97 Å². The number of nitrogens with zero attached hydrogens (tertiary/aromatic N) is 3. The molecule has 3 rings (SSSR count). The number of hydrogen-bond acceptors (Lipinski definition) is 7. The number of amides is 1. The highest BCUT2D eigenvalue weighted by molar-refractivity contribution is 7.05. The molecule has 0 aliphatic carbocycles. The van der Waals surface area contributed by atoms with Gasteiger partial charge in [0, 0.05) is 12.0 Å². The molecule has 2 heterocycles. The van der Waals surface area contributed by atoms with Crippen LogP contribution in [0.1, 0.15) is 47.3 Å². The molecular formula is C19H22N4O3S. The van der Waals surface area contributed by atoms with E-state index in [0.717, 1.165) is 10.6 Å². The average molecular weight is 386 g/mol. The van der Waals surface area contributed by atoms with Crippen LogP contribution in [-0.4, -0.2) is 39.4 Å². The van der Waals surface area contributed by atoms with Gasteiger partial charge in [-0.25, -0.2) is 4.79 Å². The average Bonchev–Trinajstić information content (AvgIpc) is 3.19. The van der Waals surface area contributed by atoms with Crippen LogP contribution in [0.5, 0.6) is 0 Å². The second-order valence-electron chi connectivity index (χ2n) is 6.93. The lowest BCUT2D eigenvalue weighted by Crippen LogP contribution is -2.41. The Labute approximate surface area is 162 Å². The highest BCUT2D eigenvalue weighted by Crippen LogP contribution is 2.27. The highest BCUT2D eigenvalue weighted by Gasteiger charge is 2.42. The quantitative estimate of drug-likeness (QED) is 0.770. The third-order valence-corrected chi connectivity index (χ3v) is 5.75. The Morgan fingerprint density at radius 2 is 2.07 bits per heavy atom. The minimum Gasteiger partial charge on any atom is -0.462 e. The first kappa shape index (κ1) is 19.2. The van der Waals surface area contributed by atoms with Crippen LogP contribution in [0.3, 0.4) is 0 Å². The van der Waals surface area contributed by atoms with Gasteiger partial charge in [0.1, 0.15) is 11.4 Å². The molecule has 1 aromatic heterocycles. The predicted octanol–water partition coefficient (Wildman–Crippen LogP) is 2.54. The number of hydrogen-bond donors (Lipinski definition) is 1. The van der Waals surface area contributed by atoms with Gasteiger partial charge in [-0.3, -0.25) is 9.79 Å². The number of carbonyl (C=O) groups excluding carboxylic acids is 2. The first-order valence-corrected chi connectivity index (χ1v) is 9.56. The Balaban J connectivity index is 1.77. The van der Waals surface area contributed by atoms with E-state index < -0.39 is 11.5 Å². The van der Waals surface area contributed by atoms with E-state index in [1.54, 1.807) is 31.2 Å². The van der Waals surface area contributed by atoms with Crippen molar-refractivity contribution in [3.8, 4) is 0 Å². The molecule has 0 fully saturated rings. The number of carbonyl (C=O) groups is 2. The summed E-state index contributed by atoms with van der Waals surface area (Å²) < 4.78 is 9.30. The number of esters is 1. The maximum absolute atomic E-state index is 12.6. The summed E-state index contributed by atoms with van der Waals surface area (Å²) in [6, 6.07) is 7.00. The smallest absolute Gasteiger partial charge is 0.338 e. The van der Waals surface area contributed by atoms with Crippen LogP contribution in [0.2, 0.25) is 0 Å². The van der Waals surface area contributed by atoms with E-state index in [2.05, 4.69) is 19.9 Å². The van der Waals surface area contributed by atoms with Crippen molar-refractivity contribution in [3.63, 3.8) is 0 Å². The Morgan fingerprint density at radius 3 is 2.70 bits per heavy atom. The van der Waals surface area contributed by atoms with Crippen LogP contribution in [0.15, 0.2) is 29.3 Å². The molecule has 0 bridgehead atoms. The monoisotopic (exact) mass is 386 g/mol. The van der Waals surface area contributed by atoms with Crippen molar-refractivity contribution < 1.29 is 14.3 Å². The molecular weight excluding hydrogens is 364 g/mol. The van der Waals surface area contributed by atoms with Crippen LogP contribution in [0.25, 0.3) is 0 Å². The molecule has 1 unspecified atom stereocenters. The number of rotatable bonds is 6. The van der Waals surface area contributed by atoms with Crippen LogP contribution in [0.4, 0.5) is 0 Å². The Hall–Kier alpha value is -2.61. The normalized spacial score (nSPS) is 19.1. The van der Waals surface area contributed by atoms with E-state index in [9.17, 15) is 9.59 Å². The molecule has 0 spiro atoms. The number of ether oxygens (including phenoxy) is 1. The van der Waals surface area contributed by atoms with E-state index in [4.69, 9.17) is 4.74 Å². The molecule has 142 valence electrons. The van der Waals surface area contributed by atoms with Crippen LogP contribution >= 0.6 is 11.5 Å². The van der Waals surface area contributed by atoms with Crippen molar-refractivity contribution in [2.75, 3.05) is 6.61 Å². The van der Waals surface area contributed by atoms with Gasteiger partial charge in [0.05, 0.1) is 22.7 Å². The molecule has 1 aliphatic rings. The predicted molar refractivity (Wildman–Crippen MR) is 103 cm³/mol. The van der Waals surface area contributed by atoms with Gasteiger partial charge in [-0.05, 0) is 37.4 Å². The number of benzene rings is 1. The van der Waals surface area contributed by atoms with E-state index in [-0.39, 0.29) is 18.4 Å². The summed E-state index contributed by atoms with van der Waals surface area (Å²) >= 11 is 1.30. The SMILES string of the molecule is Cc1nnsc1CCOC(=O)c1ccccc1C1=NC(C)(C(C)C)C(=O)N1. The molecule has 1 amide bonds. The summed E-state index contributed by atoms with van der Waals surface area (Å²) in [5, 5.41) is 6.76. The molecule has 1 aromatic carbocycles. The number of aryl methyl sites for hydroxylation is 1. The fourth-order valence-corrected chi connectivity index (χ4v) is 3.33. The minimum absolute atomic E-state index is 0.0327. The van der Waals surface area contributed by atoms with Crippen molar-refractivity contribution in [1.29, 1.82) is 0 Å². The number of aliphatic imine (C=N–C) groups is 1. The maximum Gasteiger partial charge on any atom is 0.338 e. The molecule has 0 saturated carbocycles. The van der Waals surface area contributed by atoms with Crippen LogP contribution in [-0.2, 0) is 16.0 Å². The summed E-state index contributed by atoms with van der Waals surface area (Å²) in [4.78, 5) is 30.6. The maximum atomic E-state index is 12.6. The van der Waals surface area contributed by atoms with E-state index in [1.807, 2.05) is 20.8 Å². The lowest BCUT2D eigenvalue weighted by atomic mass is 9.89. The van der Waals surface area contributed by atoms with Crippen molar-refractivity contribution in [2.45, 2.75) is 39.7 Å². The van der Waals surface area contributed by atoms with Crippen molar-refractivity contribution >= 4 is 29.2 Å². The fraction of sp³-hybridized carbons (Fsp3) is 0.421. The van der Waals surface area contributed by atoms with Gasteiger partial charge < -0.3 is 10.1 Å². The molecule has 2 aromatic rings. The summed E-state index contributed by atoms with van der Waals surface area (Å²) in [7, 11) is 0. The standard InChI is InChI=1S/C19H22N4O3S/c1-11(2)19(4)18(25)20-16(21-19)13-7-5-6-8-14(13)17(24)26-10-9-15-12(3)22-23-27-15/h5-8,11H,9-10H2,1-4H3,(H,20,21,25). The third-order valence-electron chi connectivity index (χ3n) is 4.87. The highest BCUT2D eigenvalue weighted by atomic mass is 32.1. The molecule has 1 aliphatic heterocycles. The molecule has 0 saturated heterocycles. The number of nitrogens with one attached hydrogen (secondary N) is 1. The lowest BCUT2D eigenvalue weighted by Gasteiger charge is -2.21. The van der Waals surface area contributed by atoms with Crippen LogP contribution < -0.4 is 5.32 Å².